The molecule has 2 aliphatic heterocycles. The highest BCUT2D eigenvalue weighted by molar-refractivity contribution is 6.35. The van der Waals surface area contributed by atoms with Crippen LogP contribution in [0.4, 0.5) is 9.59 Å². The van der Waals surface area contributed by atoms with Crippen molar-refractivity contribution in [1.29, 1.82) is 0 Å². The van der Waals surface area contributed by atoms with Gasteiger partial charge in [0.2, 0.25) is 0 Å². The summed E-state index contributed by atoms with van der Waals surface area (Å²) in [5, 5.41) is 0. The Morgan fingerprint density at radius 2 is 0.692 bits per heavy atom. The van der Waals surface area contributed by atoms with Gasteiger partial charge in [-0.1, -0.05) is 72.8 Å². The Labute approximate surface area is 302 Å². The van der Waals surface area contributed by atoms with Crippen molar-refractivity contribution in [2.24, 2.45) is 0 Å². The van der Waals surface area contributed by atoms with Crippen molar-refractivity contribution in [2.75, 3.05) is 14.2 Å². The van der Waals surface area contributed by atoms with E-state index in [0.29, 0.717) is 22.6 Å². The summed E-state index contributed by atoms with van der Waals surface area (Å²) in [5.74, 6) is -0.173. The summed E-state index contributed by atoms with van der Waals surface area (Å²) in [5.41, 5.74) is 2.23. The van der Waals surface area contributed by atoms with E-state index in [0.717, 1.165) is 32.1 Å². The van der Waals surface area contributed by atoms with Crippen LogP contribution < -0.4 is 9.47 Å². The second-order valence-corrected chi connectivity index (χ2v) is 14.3. The Kier molecular flexibility index (Phi) is 9.27. The molecule has 4 aromatic carbocycles. The van der Waals surface area contributed by atoms with Crippen LogP contribution in [0.15, 0.2) is 108 Å². The lowest BCUT2D eigenvalue weighted by molar-refractivity contribution is -0.123. The number of carbonyl (C=O) groups excluding carboxylic acids is 4. The Balaban J connectivity index is 1.53. The molecule has 4 aromatic rings. The fraction of sp³-hybridized carbons (Fsp3) is 0.238. The molecule has 0 N–H and O–H groups in total. The summed E-state index contributed by atoms with van der Waals surface area (Å²) in [4.78, 5) is 58.5. The molecular weight excluding hydrogens is 660 g/mol. The van der Waals surface area contributed by atoms with E-state index in [-0.39, 0.29) is 22.5 Å². The van der Waals surface area contributed by atoms with Crippen LogP contribution in [-0.4, -0.2) is 59.2 Å². The van der Waals surface area contributed by atoms with Gasteiger partial charge in [0.1, 0.15) is 22.7 Å². The summed E-state index contributed by atoms with van der Waals surface area (Å²) in [6.07, 6.45) is -1.90. The standard InChI is InChI=1S/C42H40N2O8/c1-41(2,3)51-39(47)43-35(29-13-9-25(10-14-29)27-17-21-31(49-7)22-18-27)33-34(37(43)45)36(44(38(33)46)40(48)52-42(4,5)6)30-15-11-26(12-16-30)28-19-23-32(50-8)24-20-28/h9-24H,1-8H3. The van der Waals surface area contributed by atoms with Gasteiger partial charge in [0, 0.05) is 0 Å². The van der Waals surface area contributed by atoms with Gasteiger partial charge in [-0.05, 0) is 99.2 Å². The molecule has 0 bridgehead atoms. The lowest BCUT2D eigenvalue weighted by Crippen LogP contribution is -2.40. The maximum atomic E-state index is 14.5. The monoisotopic (exact) mass is 700 g/mol. The van der Waals surface area contributed by atoms with E-state index in [1.54, 1.807) is 80.0 Å². The number of rotatable bonds is 6. The van der Waals surface area contributed by atoms with Gasteiger partial charge in [0.25, 0.3) is 11.8 Å². The SMILES string of the molecule is COc1ccc(-c2ccc(C3=C4C(=O)N(C(=O)OC(C)(C)C)C(c5ccc(-c6ccc(OC)cc6)cc5)=C4C(=O)N3C(=O)OC(C)(C)C)cc2)cc1. The van der Waals surface area contributed by atoms with Gasteiger partial charge in [0.15, 0.2) is 0 Å². The number of nitrogens with zero attached hydrogens (tertiary/aromatic N) is 2. The molecule has 0 aromatic heterocycles. The minimum Gasteiger partial charge on any atom is -0.497 e. The number of methoxy groups -OCH3 is 2. The second-order valence-electron chi connectivity index (χ2n) is 14.3. The Morgan fingerprint density at radius 1 is 0.442 bits per heavy atom. The lowest BCUT2D eigenvalue weighted by Gasteiger charge is -2.27. The Morgan fingerprint density at radius 3 is 0.942 bits per heavy atom. The predicted molar refractivity (Wildman–Crippen MR) is 197 cm³/mol. The first kappa shape index (κ1) is 35.7. The number of amides is 4. The van der Waals surface area contributed by atoms with E-state index in [1.807, 2.05) is 72.8 Å². The first-order valence-electron chi connectivity index (χ1n) is 16.7. The molecule has 0 atom stereocenters. The van der Waals surface area contributed by atoms with E-state index < -0.39 is 35.2 Å². The van der Waals surface area contributed by atoms with Gasteiger partial charge in [-0.2, -0.15) is 0 Å². The van der Waals surface area contributed by atoms with Crippen molar-refractivity contribution in [2.45, 2.75) is 52.7 Å². The molecule has 4 amide bonds. The molecule has 10 nitrogen and oxygen atoms in total. The van der Waals surface area contributed by atoms with E-state index in [9.17, 15) is 19.2 Å². The molecule has 2 heterocycles. The number of imide groups is 2. The molecule has 0 fully saturated rings. The quantitative estimate of drug-likeness (QED) is 0.196. The number of fused-ring (bicyclic) bond motifs is 1. The molecule has 52 heavy (non-hydrogen) atoms. The zero-order chi connectivity index (χ0) is 37.5. The number of hydrogen-bond acceptors (Lipinski definition) is 8. The fourth-order valence-corrected chi connectivity index (χ4v) is 6.02. The van der Waals surface area contributed by atoms with E-state index >= 15 is 0 Å². The van der Waals surface area contributed by atoms with Crippen molar-refractivity contribution in [3.8, 4) is 33.8 Å². The predicted octanol–water partition coefficient (Wildman–Crippen LogP) is 8.71. The summed E-state index contributed by atoms with van der Waals surface area (Å²) in [7, 11) is 3.19. The summed E-state index contributed by atoms with van der Waals surface area (Å²) < 4.78 is 22.0. The Hall–Kier alpha value is -6.16. The highest BCUT2D eigenvalue weighted by Crippen LogP contribution is 2.48. The third kappa shape index (κ3) is 6.92. The van der Waals surface area contributed by atoms with Crippen LogP contribution in [-0.2, 0) is 19.1 Å². The van der Waals surface area contributed by atoms with Gasteiger partial charge >= 0.3 is 12.2 Å². The molecule has 2 aliphatic rings. The molecule has 266 valence electrons. The zero-order valence-corrected chi connectivity index (χ0v) is 30.4. The summed E-state index contributed by atoms with van der Waals surface area (Å²) >= 11 is 0. The van der Waals surface area contributed by atoms with Gasteiger partial charge in [-0.15, -0.1) is 0 Å². The van der Waals surface area contributed by atoms with Gasteiger partial charge < -0.3 is 18.9 Å². The van der Waals surface area contributed by atoms with Crippen LogP contribution in [0.2, 0.25) is 0 Å². The van der Waals surface area contributed by atoms with Crippen molar-refractivity contribution >= 4 is 35.4 Å². The largest absolute Gasteiger partial charge is 0.497 e. The van der Waals surface area contributed by atoms with Crippen LogP contribution in [0.1, 0.15) is 52.7 Å². The van der Waals surface area contributed by atoms with Crippen molar-refractivity contribution in [1.82, 2.24) is 9.80 Å². The first-order valence-corrected chi connectivity index (χ1v) is 16.7. The molecular formula is C42H40N2O8. The third-order valence-electron chi connectivity index (χ3n) is 8.32. The van der Waals surface area contributed by atoms with Gasteiger partial charge in [-0.25, -0.2) is 19.4 Å². The highest BCUT2D eigenvalue weighted by atomic mass is 16.6. The molecule has 0 spiro atoms. The number of carbonyl (C=O) groups is 4. The maximum absolute atomic E-state index is 14.5. The van der Waals surface area contributed by atoms with E-state index in [1.165, 1.54) is 0 Å². The van der Waals surface area contributed by atoms with Crippen molar-refractivity contribution < 1.29 is 38.1 Å². The smallest absolute Gasteiger partial charge is 0.422 e. The topological polar surface area (TPSA) is 112 Å². The van der Waals surface area contributed by atoms with Gasteiger partial charge in [-0.3, -0.25) is 9.59 Å². The third-order valence-corrected chi connectivity index (χ3v) is 8.32. The van der Waals surface area contributed by atoms with Crippen LogP contribution in [0, 0.1) is 0 Å². The minimum absolute atomic E-state index is 0.0129. The molecule has 0 radical (unpaired) electrons. The average Bonchev–Trinajstić information content (AvgIpc) is 3.58. The van der Waals surface area contributed by atoms with Crippen LogP contribution >= 0.6 is 0 Å². The maximum Gasteiger partial charge on any atom is 0.422 e. The number of ether oxygens (including phenoxy) is 4. The van der Waals surface area contributed by atoms with Gasteiger partial charge in [0.05, 0.1) is 36.8 Å². The molecule has 0 saturated carbocycles. The lowest BCUT2D eigenvalue weighted by atomic mass is 9.98. The minimum atomic E-state index is -0.954. The van der Waals surface area contributed by atoms with Crippen LogP contribution in [0.3, 0.4) is 0 Å². The zero-order valence-electron chi connectivity index (χ0n) is 30.4. The fourth-order valence-electron chi connectivity index (χ4n) is 6.02. The van der Waals surface area contributed by atoms with Crippen LogP contribution in [0.25, 0.3) is 33.6 Å². The molecule has 0 saturated heterocycles. The van der Waals surface area contributed by atoms with Crippen molar-refractivity contribution in [3.05, 3.63) is 119 Å². The molecule has 10 heteroatoms. The molecule has 0 aliphatic carbocycles. The van der Waals surface area contributed by atoms with Crippen LogP contribution in [0.5, 0.6) is 11.5 Å². The summed E-state index contributed by atoms with van der Waals surface area (Å²) in [6.45, 7) is 10.1. The van der Waals surface area contributed by atoms with E-state index in [4.69, 9.17) is 18.9 Å². The molecule has 0 unspecified atom stereocenters. The van der Waals surface area contributed by atoms with Crippen molar-refractivity contribution in [3.63, 3.8) is 0 Å². The normalized spacial score (nSPS) is 14.5. The first-order chi connectivity index (χ1) is 24.6. The Bertz CT molecular complexity index is 1960. The number of benzene rings is 4. The van der Waals surface area contributed by atoms with E-state index in [2.05, 4.69) is 0 Å². The summed E-state index contributed by atoms with van der Waals surface area (Å²) in [6, 6.07) is 29.2. The number of hydrogen-bond donors (Lipinski definition) is 0. The second kappa shape index (κ2) is 13.5. The highest BCUT2D eigenvalue weighted by Gasteiger charge is 2.54. The molecule has 6 rings (SSSR count). The average molecular weight is 701 g/mol.